The zero-order valence-electron chi connectivity index (χ0n) is 18.9. The molecule has 2 aromatic heterocycles. The van der Waals surface area contributed by atoms with Gasteiger partial charge in [-0.1, -0.05) is 42.5 Å². The number of aromatic nitrogens is 3. The minimum Gasteiger partial charge on any atom is -0.480 e. The lowest BCUT2D eigenvalue weighted by atomic mass is 9.95. The zero-order valence-corrected chi connectivity index (χ0v) is 20.4. The van der Waals surface area contributed by atoms with Crippen molar-refractivity contribution in [3.05, 3.63) is 63.4 Å². The summed E-state index contributed by atoms with van der Waals surface area (Å²) in [6, 6.07) is 8.18. The number of amides is 2. The number of ether oxygens (including phenoxy) is 1. The molecule has 34 heavy (non-hydrogen) atoms. The molecular weight excluding hydrogens is 477 g/mol. The van der Waals surface area contributed by atoms with Crippen molar-refractivity contribution in [3.63, 3.8) is 0 Å². The van der Waals surface area contributed by atoms with Crippen LogP contribution in [0.5, 0.6) is 5.88 Å². The van der Waals surface area contributed by atoms with Crippen LogP contribution in [-0.4, -0.2) is 39.7 Å². The van der Waals surface area contributed by atoms with Gasteiger partial charge >= 0.3 is 0 Å². The van der Waals surface area contributed by atoms with E-state index in [0.29, 0.717) is 26.9 Å². The molecule has 3 aromatic rings. The van der Waals surface area contributed by atoms with E-state index in [1.807, 2.05) is 0 Å². The van der Waals surface area contributed by atoms with Crippen LogP contribution in [0, 0.1) is 6.92 Å². The zero-order chi connectivity index (χ0) is 24.2. The Labute approximate surface area is 207 Å². The minimum absolute atomic E-state index is 0.112. The molecule has 0 atom stereocenters. The molecule has 8 nitrogen and oxygen atoms in total. The number of anilines is 1. The summed E-state index contributed by atoms with van der Waals surface area (Å²) < 4.78 is 6.53. The van der Waals surface area contributed by atoms with Crippen LogP contribution in [0.3, 0.4) is 0 Å². The molecule has 1 aliphatic rings. The van der Waals surface area contributed by atoms with E-state index in [1.165, 1.54) is 24.3 Å². The Balaban J connectivity index is 1.67. The molecule has 1 saturated carbocycles. The van der Waals surface area contributed by atoms with Gasteiger partial charge in [0.05, 0.1) is 23.4 Å². The van der Waals surface area contributed by atoms with Crippen molar-refractivity contribution in [1.29, 1.82) is 0 Å². The Bertz CT molecular complexity index is 1220. The molecule has 4 rings (SSSR count). The summed E-state index contributed by atoms with van der Waals surface area (Å²) in [7, 11) is 1.45. The molecule has 0 spiro atoms. The average Bonchev–Trinajstić information content (AvgIpc) is 3.26. The molecule has 0 aliphatic heterocycles. The topological polar surface area (TPSA) is 98.1 Å². The number of benzene rings is 1. The maximum atomic E-state index is 13.4. The second-order valence-electron chi connectivity index (χ2n) is 8.20. The van der Waals surface area contributed by atoms with E-state index in [0.717, 1.165) is 25.7 Å². The number of hydrogen-bond donors (Lipinski definition) is 2. The van der Waals surface area contributed by atoms with Crippen LogP contribution in [0.1, 0.15) is 58.5 Å². The number of pyridine rings is 1. The number of aryl methyl sites for hydroxylation is 1. The largest absolute Gasteiger partial charge is 0.480 e. The van der Waals surface area contributed by atoms with Gasteiger partial charge in [-0.15, -0.1) is 5.10 Å². The molecule has 0 bridgehead atoms. The number of hydrogen-bond acceptors (Lipinski definition) is 5. The minimum atomic E-state index is -0.505. The molecule has 1 aliphatic carbocycles. The number of rotatable bonds is 6. The first kappa shape index (κ1) is 24.0. The molecular formula is C24H25Cl2N5O3. The smallest absolute Gasteiger partial charge is 0.274 e. The summed E-state index contributed by atoms with van der Waals surface area (Å²) in [6.45, 7) is 1.78. The molecule has 2 N–H and O–H groups in total. The fraction of sp³-hybridized carbons (Fsp3) is 0.333. The van der Waals surface area contributed by atoms with Crippen molar-refractivity contribution >= 4 is 40.7 Å². The van der Waals surface area contributed by atoms with Gasteiger partial charge in [-0.3, -0.25) is 9.59 Å². The van der Waals surface area contributed by atoms with Crippen molar-refractivity contribution in [3.8, 4) is 11.7 Å². The molecule has 0 radical (unpaired) electrons. The van der Waals surface area contributed by atoms with Crippen molar-refractivity contribution in [2.24, 2.45) is 0 Å². The summed E-state index contributed by atoms with van der Waals surface area (Å²) in [6.07, 6.45) is 6.79. The van der Waals surface area contributed by atoms with E-state index in [2.05, 4.69) is 20.7 Å². The molecule has 2 amide bonds. The Morgan fingerprint density at radius 1 is 1.12 bits per heavy atom. The van der Waals surface area contributed by atoms with Crippen LogP contribution >= 0.6 is 23.2 Å². The highest BCUT2D eigenvalue weighted by Gasteiger charge is 2.24. The Morgan fingerprint density at radius 2 is 1.88 bits per heavy atom. The normalized spacial score (nSPS) is 14.0. The predicted molar refractivity (Wildman–Crippen MR) is 131 cm³/mol. The highest BCUT2D eigenvalue weighted by molar-refractivity contribution is 6.32. The molecule has 10 heteroatoms. The SMILES string of the molecule is COc1cc(C(=O)Nc2c(C)cc(Cl)cc2C(=O)NC2CCCCC2)n(-c2ncccc2Cl)n1. The third-order valence-electron chi connectivity index (χ3n) is 5.79. The van der Waals surface area contributed by atoms with Crippen LogP contribution in [-0.2, 0) is 0 Å². The van der Waals surface area contributed by atoms with E-state index in [9.17, 15) is 9.59 Å². The first-order valence-electron chi connectivity index (χ1n) is 11.0. The Morgan fingerprint density at radius 3 is 2.59 bits per heavy atom. The number of methoxy groups -OCH3 is 1. The molecule has 1 fully saturated rings. The second kappa shape index (κ2) is 10.4. The molecule has 1 aromatic carbocycles. The number of carbonyl (C=O) groups is 2. The summed E-state index contributed by atoms with van der Waals surface area (Å²) in [5, 5.41) is 11.0. The third-order valence-corrected chi connectivity index (χ3v) is 6.31. The summed E-state index contributed by atoms with van der Waals surface area (Å²) in [5.41, 5.74) is 1.48. The Kier molecular flexibility index (Phi) is 7.38. The van der Waals surface area contributed by atoms with Gasteiger partial charge in [-0.25, -0.2) is 9.67 Å². The van der Waals surface area contributed by atoms with Crippen molar-refractivity contribution < 1.29 is 14.3 Å². The van der Waals surface area contributed by atoms with Gasteiger partial charge in [0, 0.05) is 23.3 Å². The number of carbonyl (C=O) groups excluding carboxylic acids is 2. The van der Waals surface area contributed by atoms with Gasteiger partial charge in [0.1, 0.15) is 5.69 Å². The first-order chi connectivity index (χ1) is 16.4. The van der Waals surface area contributed by atoms with Crippen molar-refractivity contribution in [1.82, 2.24) is 20.1 Å². The molecule has 2 heterocycles. The fourth-order valence-electron chi connectivity index (χ4n) is 4.09. The molecule has 0 saturated heterocycles. The average molecular weight is 502 g/mol. The number of halogens is 2. The van der Waals surface area contributed by atoms with E-state index >= 15 is 0 Å². The number of nitrogens with one attached hydrogen (secondary N) is 2. The van der Waals surface area contributed by atoms with Crippen LogP contribution in [0.2, 0.25) is 10.0 Å². The number of nitrogens with zero attached hydrogens (tertiary/aromatic N) is 3. The van der Waals surface area contributed by atoms with Gasteiger partial charge in [-0.05, 0) is 49.6 Å². The van der Waals surface area contributed by atoms with Crippen molar-refractivity contribution in [2.45, 2.75) is 45.1 Å². The highest BCUT2D eigenvalue weighted by atomic mass is 35.5. The van der Waals surface area contributed by atoms with Crippen LogP contribution in [0.15, 0.2) is 36.5 Å². The van der Waals surface area contributed by atoms with Crippen molar-refractivity contribution in [2.75, 3.05) is 12.4 Å². The van der Waals surface area contributed by atoms with Crippen LogP contribution in [0.25, 0.3) is 5.82 Å². The van der Waals surface area contributed by atoms with Crippen LogP contribution in [0.4, 0.5) is 5.69 Å². The Hall–Kier alpha value is -3.10. The van der Waals surface area contributed by atoms with Gasteiger partial charge in [0.2, 0.25) is 5.88 Å². The van der Waals surface area contributed by atoms with E-state index in [-0.39, 0.29) is 29.3 Å². The predicted octanol–water partition coefficient (Wildman–Crippen LogP) is 5.21. The van der Waals surface area contributed by atoms with Crippen LogP contribution < -0.4 is 15.4 Å². The van der Waals surface area contributed by atoms with E-state index in [1.54, 1.807) is 37.4 Å². The summed E-state index contributed by atoms with van der Waals surface area (Å²) >= 11 is 12.5. The monoisotopic (exact) mass is 501 g/mol. The lowest BCUT2D eigenvalue weighted by Gasteiger charge is -2.24. The first-order valence-corrected chi connectivity index (χ1v) is 11.8. The second-order valence-corrected chi connectivity index (χ2v) is 9.04. The van der Waals surface area contributed by atoms with Gasteiger partial charge in [-0.2, -0.15) is 0 Å². The standard InChI is InChI=1S/C24H25Cl2N5O3/c1-14-11-15(25)12-17(23(32)28-16-7-4-3-5-8-16)21(14)29-24(33)19-13-20(34-2)30-31(19)22-18(26)9-6-10-27-22/h6,9-13,16H,3-5,7-8H2,1-2H3,(H,28,32)(H,29,33). The van der Waals surface area contributed by atoms with E-state index in [4.69, 9.17) is 27.9 Å². The lowest BCUT2D eigenvalue weighted by molar-refractivity contribution is 0.0928. The highest BCUT2D eigenvalue weighted by Crippen LogP contribution is 2.28. The van der Waals surface area contributed by atoms with E-state index < -0.39 is 5.91 Å². The maximum Gasteiger partial charge on any atom is 0.274 e. The quantitative estimate of drug-likeness (QED) is 0.483. The molecule has 178 valence electrons. The fourth-order valence-corrected chi connectivity index (χ4v) is 4.57. The lowest BCUT2D eigenvalue weighted by Crippen LogP contribution is -2.36. The third kappa shape index (κ3) is 5.18. The molecule has 0 unspecified atom stereocenters. The summed E-state index contributed by atoms with van der Waals surface area (Å²) in [4.78, 5) is 30.8. The van der Waals surface area contributed by atoms with Gasteiger partial charge < -0.3 is 15.4 Å². The maximum absolute atomic E-state index is 13.4. The summed E-state index contributed by atoms with van der Waals surface area (Å²) in [5.74, 6) is -0.281. The van der Waals surface area contributed by atoms with Gasteiger partial charge in [0.15, 0.2) is 5.82 Å². The van der Waals surface area contributed by atoms with Gasteiger partial charge in [0.25, 0.3) is 11.8 Å².